The lowest BCUT2D eigenvalue weighted by Gasteiger charge is -2.19. The number of fused-ring (bicyclic) bond motifs is 14. The van der Waals surface area contributed by atoms with E-state index in [1.165, 1.54) is 239 Å². The molecular formula is C118H148O6. The third-order valence-corrected chi connectivity index (χ3v) is 31.0. The summed E-state index contributed by atoms with van der Waals surface area (Å²) in [7, 11) is 0. The molecule has 14 aliphatic carbocycles. The van der Waals surface area contributed by atoms with E-state index in [0.29, 0.717) is 48.4 Å². The molecule has 14 bridgehead atoms. The number of aryl methyl sites for hydroxylation is 1. The Morgan fingerprint density at radius 3 is 1.02 bits per heavy atom. The second-order valence-corrected chi connectivity index (χ2v) is 39.8. The largest absolute Gasteiger partial charge is 0.494 e. The number of benzene rings is 7. The molecule has 0 heterocycles. The van der Waals surface area contributed by atoms with Gasteiger partial charge in [-0.25, -0.2) is 0 Å². The molecule has 6 nitrogen and oxygen atoms in total. The summed E-state index contributed by atoms with van der Waals surface area (Å²) >= 11 is 0. The first kappa shape index (κ1) is 90.1. The number of hydrogen-bond acceptors (Lipinski definition) is 6. The normalized spacial score (nSPS) is 29.1. The lowest BCUT2D eigenvalue weighted by molar-refractivity contribution is -0.142. The molecule has 124 heavy (non-hydrogen) atoms. The van der Waals surface area contributed by atoms with Gasteiger partial charge in [-0.15, -0.1) is 0 Å². The van der Waals surface area contributed by atoms with Crippen molar-refractivity contribution in [2.45, 2.75) is 233 Å². The van der Waals surface area contributed by atoms with Gasteiger partial charge in [-0.3, -0.25) is 9.59 Å². The molecular weight excluding hydrogens is 1510 g/mol. The van der Waals surface area contributed by atoms with E-state index < -0.39 is 0 Å². The fraction of sp³-hybridized carbons (Fsp3) is 0.508. The van der Waals surface area contributed by atoms with E-state index in [0.717, 1.165) is 131 Å². The summed E-state index contributed by atoms with van der Waals surface area (Å²) in [6, 6.07) is 66.6. The number of hydrogen-bond donors (Lipinski definition) is 0. The Kier molecular flexibility index (Phi) is 34.3. The van der Waals surface area contributed by atoms with Gasteiger partial charge < -0.3 is 18.9 Å². The molecule has 14 aliphatic rings. The monoisotopic (exact) mass is 1660 g/mol. The molecule has 21 unspecified atom stereocenters. The van der Waals surface area contributed by atoms with Crippen LogP contribution < -0.4 is 14.2 Å². The summed E-state index contributed by atoms with van der Waals surface area (Å²) in [4.78, 5) is 22.7. The van der Waals surface area contributed by atoms with E-state index in [4.69, 9.17) is 18.9 Å². The van der Waals surface area contributed by atoms with Crippen LogP contribution in [0, 0.1) is 124 Å². The Bertz CT molecular complexity index is 4550. The quantitative estimate of drug-likeness (QED) is 0.0177. The SMILES string of the molecule is C1=CC2CC1CC2CCOc1ccc(-c2ccccc2)cc1.C1=CC2CC1CC2CCOc1ccccc1-c1ccccc1.C1=CC2CC1CC2CCc1ccccc1.CC(=O)OCC1CC2C=CC1C2.CCCCCCC1CC2C=CC1C2.CCCCCCCCCCC1CC2C=CC1C2.O=C(CC1CC2C=CC1C2)Oc1ccc(-c2ccccc2)cc1. The van der Waals surface area contributed by atoms with Crippen molar-refractivity contribution >= 4 is 11.9 Å². The van der Waals surface area contributed by atoms with Gasteiger partial charge in [0.15, 0.2) is 0 Å². The Morgan fingerprint density at radius 2 is 0.621 bits per heavy atom. The van der Waals surface area contributed by atoms with Gasteiger partial charge in [-0.05, 0) is 316 Å². The van der Waals surface area contributed by atoms with Gasteiger partial charge in [0.25, 0.3) is 0 Å². The lowest BCUT2D eigenvalue weighted by Crippen LogP contribution is -2.17. The molecule has 0 amide bonds. The molecule has 7 aromatic carbocycles. The summed E-state index contributed by atoms with van der Waals surface area (Å²) in [5, 5.41) is 0. The molecule has 0 aliphatic heterocycles. The summed E-state index contributed by atoms with van der Waals surface area (Å²) in [5.41, 5.74) is 8.71. The third-order valence-electron chi connectivity index (χ3n) is 31.0. The van der Waals surface area contributed by atoms with Gasteiger partial charge in [-0.1, -0.05) is 340 Å². The fourth-order valence-electron chi connectivity index (χ4n) is 24.1. The third kappa shape index (κ3) is 26.7. The minimum atomic E-state index is -0.151. The topological polar surface area (TPSA) is 71.1 Å². The first-order valence-corrected chi connectivity index (χ1v) is 49.9. The highest BCUT2D eigenvalue weighted by Gasteiger charge is 2.41. The molecule has 0 saturated heterocycles. The molecule has 7 aromatic rings. The van der Waals surface area contributed by atoms with Crippen LogP contribution >= 0.6 is 0 Å². The standard InChI is InChI=1S/C21H20O2.2C21H22O.C17H30.C15H18.C13H22.C10H14O2/c22-21(14-19-13-15-6-7-18(19)12-15)23-20-10-8-17(9-11-20)16-4-2-1-3-5-16;1-2-6-17(7-3-1)20-8-4-5-9-21(20)22-13-12-19-15-16-10-11-18(19)14-16;1-2-4-17(5-3-1)18-8-10-21(11-9-18)22-13-12-20-15-16-6-7-19(20)14-16;1-2-3-4-5-6-7-8-9-10-16-13-15-11-12-17(16)14-15;1-2-4-12(5-3-1)6-8-14-10-13-7-9-15(14)11-13;1-2-3-4-5-6-12-9-11-7-8-13(12)10-11;1-7(11)12-6-10-5-8-2-3-9(10)4-8/h1-11,15,18-19H,12-14H2;1-11,16,18-19H,12-15H2;1-11,16,19-20H,12-15H2;11-12,15-17H,2-10,13-14H2,1H3;1-5,7,9,13-15H,6,8,10-11H2;7-8,11-13H,2-6,9-10H2,1H3;2-3,8-10H,4-6H2,1H3. The highest BCUT2D eigenvalue weighted by atomic mass is 16.5. The average molecular weight is 1660 g/mol. The van der Waals surface area contributed by atoms with Crippen molar-refractivity contribution in [3.05, 3.63) is 285 Å². The summed E-state index contributed by atoms with van der Waals surface area (Å²) < 4.78 is 22.6. The predicted octanol–water partition coefficient (Wildman–Crippen LogP) is 31.0. The van der Waals surface area contributed by atoms with Crippen LogP contribution in [0.4, 0.5) is 0 Å². The van der Waals surface area contributed by atoms with E-state index in [1.54, 1.807) is 0 Å². The maximum absolute atomic E-state index is 12.2. The van der Waals surface area contributed by atoms with Crippen molar-refractivity contribution in [2.75, 3.05) is 19.8 Å². The maximum atomic E-state index is 12.2. The zero-order valence-electron chi connectivity index (χ0n) is 75.6. The Hall–Kier alpha value is -8.74. The zero-order valence-corrected chi connectivity index (χ0v) is 75.6. The van der Waals surface area contributed by atoms with Crippen molar-refractivity contribution in [3.63, 3.8) is 0 Å². The molecule has 0 aromatic heterocycles. The van der Waals surface area contributed by atoms with Gasteiger partial charge in [-0.2, -0.15) is 0 Å². The minimum Gasteiger partial charge on any atom is -0.494 e. The predicted molar refractivity (Wildman–Crippen MR) is 515 cm³/mol. The number of rotatable bonds is 33. The molecule has 656 valence electrons. The Balaban J connectivity index is 0.000000113. The first-order chi connectivity index (χ1) is 61.0. The van der Waals surface area contributed by atoms with Crippen LogP contribution in [0.1, 0.15) is 232 Å². The number of unbranched alkanes of at least 4 members (excludes halogenated alkanes) is 10. The van der Waals surface area contributed by atoms with Crippen molar-refractivity contribution in [3.8, 4) is 50.6 Å². The van der Waals surface area contributed by atoms with Crippen LogP contribution in [0.2, 0.25) is 0 Å². The second-order valence-electron chi connectivity index (χ2n) is 39.8. The van der Waals surface area contributed by atoms with E-state index >= 15 is 0 Å². The number of esters is 2. The van der Waals surface area contributed by atoms with Crippen LogP contribution in [0.3, 0.4) is 0 Å². The highest BCUT2D eigenvalue weighted by Crippen LogP contribution is 2.51. The minimum absolute atomic E-state index is 0.108. The maximum Gasteiger partial charge on any atom is 0.311 e. The number of allylic oxidation sites excluding steroid dienone is 14. The smallest absolute Gasteiger partial charge is 0.311 e. The van der Waals surface area contributed by atoms with E-state index in [-0.39, 0.29) is 11.9 Å². The zero-order chi connectivity index (χ0) is 84.9. The number of carbonyl (C=O) groups excluding carboxylic acids is 2. The molecule has 0 radical (unpaired) electrons. The Morgan fingerprint density at radius 1 is 0.290 bits per heavy atom. The fourth-order valence-corrected chi connectivity index (χ4v) is 24.1. The van der Waals surface area contributed by atoms with Crippen LogP contribution in [-0.2, 0) is 20.7 Å². The van der Waals surface area contributed by atoms with Crippen molar-refractivity contribution in [1.82, 2.24) is 0 Å². The molecule has 6 heteroatoms. The van der Waals surface area contributed by atoms with Crippen LogP contribution in [0.15, 0.2) is 279 Å². The van der Waals surface area contributed by atoms with Gasteiger partial charge >= 0.3 is 11.9 Å². The lowest BCUT2D eigenvalue weighted by atomic mass is 9.88. The van der Waals surface area contributed by atoms with Gasteiger partial charge in [0.2, 0.25) is 0 Å². The van der Waals surface area contributed by atoms with Crippen LogP contribution in [0.25, 0.3) is 33.4 Å². The molecule has 7 saturated carbocycles. The van der Waals surface area contributed by atoms with Gasteiger partial charge in [0.05, 0.1) is 19.8 Å². The number of para-hydroxylation sites is 1. The summed E-state index contributed by atoms with van der Waals surface area (Å²) in [6.45, 7) is 8.35. The molecule has 7 fully saturated rings. The summed E-state index contributed by atoms with van der Waals surface area (Å²) in [5.74, 6) is 20.1. The van der Waals surface area contributed by atoms with E-state index in [9.17, 15) is 9.59 Å². The van der Waals surface area contributed by atoms with Gasteiger partial charge in [0, 0.05) is 18.9 Å². The summed E-state index contributed by atoms with van der Waals surface area (Å²) in [6.07, 6.45) is 78.9. The van der Waals surface area contributed by atoms with Gasteiger partial charge in [0.1, 0.15) is 17.2 Å². The second kappa shape index (κ2) is 47.2. The molecule has 0 N–H and O–H groups in total. The number of carbonyl (C=O) groups is 2. The van der Waals surface area contributed by atoms with Crippen molar-refractivity contribution in [2.24, 2.45) is 124 Å². The van der Waals surface area contributed by atoms with Crippen LogP contribution in [0.5, 0.6) is 17.2 Å². The molecule has 21 rings (SSSR count). The van der Waals surface area contributed by atoms with E-state index in [2.05, 4.69) is 245 Å². The van der Waals surface area contributed by atoms with E-state index in [1.807, 2.05) is 48.5 Å². The average Bonchev–Trinajstić information content (AvgIpc) is 1.49. The number of ether oxygens (including phenoxy) is 4. The van der Waals surface area contributed by atoms with Crippen molar-refractivity contribution in [1.29, 1.82) is 0 Å². The Labute approximate surface area is 747 Å². The van der Waals surface area contributed by atoms with Crippen molar-refractivity contribution < 1.29 is 28.5 Å². The molecule has 21 atom stereocenters. The highest BCUT2D eigenvalue weighted by molar-refractivity contribution is 5.74. The van der Waals surface area contributed by atoms with Crippen LogP contribution in [-0.4, -0.2) is 31.8 Å². The first-order valence-electron chi connectivity index (χ1n) is 49.9. The molecule has 0 spiro atoms.